The molecular weight excluding hydrogens is 519 g/mol. The normalized spacial score (nSPS) is 28.2. The van der Waals surface area contributed by atoms with Gasteiger partial charge < -0.3 is 14.7 Å². The van der Waals surface area contributed by atoms with E-state index < -0.39 is 21.9 Å². The molecule has 3 aliphatic rings. The highest BCUT2D eigenvalue weighted by atomic mass is 31.2. The van der Waals surface area contributed by atoms with E-state index in [1.54, 1.807) is 113 Å². The lowest BCUT2D eigenvalue weighted by molar-refractivity contribution is 0.526. The van der Waals surface area contributed by atoms with E-state index in [1.165, 1.54) is 0 Å². The molecule has 0 fully saturated rings. The maximum Gasteiger partial charge on any atom is 0.244 e. The van der Waals surface area contributed by atoms with Crippen molar-refractivity contribution in [3.05, 3.63) is 0 Å². The van der Waals surface area contributed by atoms with E-state index >= 15 is 0 Å². The minimum atomic E-state index is -3.51. The molecular formula is C21H36N9O3P3. The number of benzene rings is 1. The maximum absolute atomic E-state index is 14.9. The minimum Gasteiger partial charge on any atom is -0.359 e. The highest BCUT2D eigenvalue weighted by Crippen LogP contribution is 2.68. The van der Waals surface area contributed by atoms with Gasteiger partial charge in [-0.3, -0.25) is 13.7 Å². The van der Waals surface area contributed by atoms with Crippen molar-refractivity contribution in [2.75, 3.05) is 84.6 Å². The zero-order chi connectivity index (χ0) is 27.3. The quantitative estimate of drug-likeness (QED) is 0.516. The van der Waals surface area contributed by atoms with Crippen LogP contribution >= 0.6 is 21.9 Å². The van der Waals surface area contributed by atoms with Gasteiger partial charge in [-0.15, -0.1) is 0 Å². The number of hydrogen-bond donors (Lipinski definition) is 0. The number of fused-ring (bicyclic) bond motifs is 6. The van der Waals surface area contributed by atoms with Crippen LogP contribution in [-0.2, 0) is 13.7 Å². The van der Waals surface area contributed by atoms with Crippen molar-refractivity contribution in [1.82, 2.24) is 28.7 Å². The fourth-order valence-corrected chi connectivity index (χ4v) is 13.1. The molecule has 0 amide bonds. The third-order valence-electron chi connectivity index (χ3n) is 6.59. The van der Waals surface area contributed by atoms with Crippen LogP contribution in [0.4, 0.5) is 17.1 Å². The molecule has 3 unspecified atom stereocenters. The number of aliphatic imine (C=N–C) groups is 3. The molecule has 0 spiro atoms. The number of hydrogen-bond acceptors (Lipinski definition) is 9. The minimum absolute atomic E-state index is 0.356. The number of rotatable bonds is 3. The molecule has 0 aliphatic carbocycles. The first kappa shape index (κ1) is 27.2. The highest BCUT2D eigenvalue weighted by Gasteiger charge is 2.58. The van der Waals surface area contributed by atoms with Crippen LogP contribution in [0.3, 0.4) is 0 Å². The molecule has 0 bridgehead atoms. The molecule has 3 atom stereocenters. The third-order valence-corrected chi connectivity index (χ3v) is 16.2. The summed E-state index contributed by atoms with van der Waals surface area (Å²) in [6, 6.07) is 0. The molecule has 36 heavy (non-hydrogen) atoms. The molecule has 3 aliphatic heterocycles. The van der Waals surface area contributed by atoms with Crippen LogP contribution in [0.5, 0.6) is 0 Å². The lowest BCUT2D eigenvalue weighted by Crippen LogP contribution is -2.34. The SMILES string of the molecule is CN(C)C1=Nc2c3c(c4c(c2P1(=O)N(C)C)N=C(N(C)C)P4(=O)N(C)C)N=C(N(C)C)P3(=O)N(C)C. The summed E-state index contributed by atoms with van der Waals surface area (Å²) in [4.78, 5) is 19.8. The smallest absolute Gasteiger partial charge is 0.244 e. The second kappa shape index (κ2) is 8.35. The summed E-state index contributed by atoms with van der Waals surface area (Å²) in [7, 11) is 10.6. The summed E-state index contributed by atoms with van der Waals surface area (Å²) in [5, 5.41) is 1.13. The van der Waals surface area contributed by atoms with Gasteiger partial charge >= 0.3 is 0 Å². The van der Waals surface area contributed by atoms with Gasteiger partial charge in [-0.05, 0) is 42.3 Å². The molecule has 0 aromatic heterocycles. The van der Waals surface area contributed by atoms with Crippen molar-refractivity contribution >= 4 is 71.6 Å². The Balaban J connectivity index is 2.32. The van der Waals surface area contributed by atoms with Crippen LogP contribution < -0.4 is 15.9 Å². The second-order valence-electron chi connectivity index (χ2n) is 10.3. The molecule has 4 rings (SSSR count). The van der Waals surface area contributed by atoms with Gasteiger partial charge in [0, 0.05) is 42.3 Å². The Labute approximate surface area is 213 Å². The summed E-state index contributed by atoms with van der Waals surface area (Å²) in [6.45, 7) is 0. The van der Waals surface area contributed by atoms with Crippen LogP contribution in [0.2, 0.25) is 0 Å². The Kier molecular flexibility index (Phi) is 6.32. The van der Waals surface area contributed by atoms with Crippen molar-refractivity contribution in [1.29, 1.82) is 0 Å². The summed E-state index contributed by atoms with van der Waals surface area (Å²) < 4.78 is 49.8. The van der Waals surface area contributed by atoms with Crippen molar-refractivity contribution in [3.63, 3.8) is 0 Å². The van der Waals surface area contributed by atoms with Crippen LogP contribution in [0.1, 0.15) is 0 Å². The lowest BCUT2D eigenvalue weighted by atomic mass is 10.2. The van der Waals surface area contributed by atoms with Gasteiger partial charge in [0.15, 0.2) is 16.7 Å². The Morgan fingerprint density at radius 1 is 0.417 bits per heavy atom. The first-order chi connectivity index (χ1) is 16.5. The maximum atomic E-state index is 14.9. The second-order valence-corrected chi connectivity index (χ2v) is 18.7. The standard InChI is InChI=1S/C21H36N9O3P3/c1-25(2)19-22-13-16(34(19,31)28(7)8)14-18(36(33,30(11)12)20(23-14)26(3)4)15-17(13)35(32,29(9)10)21(24-15)27(5)6/h1-12H3. The molecule has 0 saturated heterocycles. The van der Waals surface area contributed by atoms with Crippen LogP contribution in [0.15, 0.2) is 15.0 Å². The van der Waals surface area contributed by atoms with Gasteiger partial charge in [-0.2, -0.15) is 0 Å². The Morgan fingerprint density at radius 2 is 0.611 bits per heavy atom. The van der Waals surface area contributed by atoms with Crippen molar-refractivity contribution in [3.8, 4) is 0 Å². The number of nitrogens with zero attached hydrogens (tertiary/aromatic N) is 9. The van der Waals surface area contributed by atoms with Crippen LogP contribution in [0, 0.1) is 0 Å². The molecule has 1 aromatic carbocycles. The van der Waals surface area contributed by atoms with Crippen molar-refractivity contribution in [2.45, 2.75) is 0 Å². The summed E-state index contributed by atoms with van der Waals surface area (Å²) >= 11 is 0. The Hall–Kier alpha value is -1.80. The fourth-order valence-electron chi connectivity index (χ4n) is 4.91. The van der Waals surface area contributed by atoms with E-state index in [-0.39, 0.29) is 0 Å². The molecule has 12 nitrogen and oxygen atoms in total. The zero-order valence-corrected chi connectivity index (χ0v) is 25.8. The fraction of sp³-hybridized carbons (Fsp3) is 0.571. The van der Waals surface area contributed by atoms with Gasteiger partial charge in [0.05, 0.1) is 33.0 Å². The van der Waals surface area contributed by atoms with E-state index in [9.17, 15) is 13.7 Å². The summed E-state index contributed by atoms with van der Waals surface area (Å²) in [5.74, 6) is 0. The van der Waals surface area contributed by atoms with Gasteiger partial charge in [-0.25, -0.2) is 29.0 Å². The largest absolute Gasteiger partial charge is 0.359 e. The molecule has 1 aromatic rings. The topological polar surface area (TPSA) is 108 Å². The van der Waals surface area contributed by atoms with Crippen LogP contribution in [0.25, 0.3) is 0 Å². The average Bonchev–Trinajstić information content (AvgIpc) is 3.36. The third kappa shape index (κ3) is 3.12. The average molecular weight is 556 g/mol. The molecule has 0 N–H and O–H groups in total. The van der Waals surface area contributed by atoms with Crippen molar-refractivity contribution < 1.29 is 13.7 Å². The number of amidine groups is 3. The Bertz CT molecular complexity index is 1220. The van der Waals surface area contributed by atoms with E-state index in [0.29, 0.717) is 49.7 Å². The first-order valence-electron chi connectivity index (χ1n) is 11.4. The molecule has 3 heterocycles. The van der Waals surface area contributed by atoms with E-state index in [1.807, 2.05) is 0 Å². The molecule has 0 saturated carbocycles. The van der Waals surface area contributed by atoms with Crippen molar-refractivity contribution in [2.24, 2.45) is 15.0 Å². The Morgan fingerprint density at radius 3 is 0.750 bits per heavy atom. The molecule has 0 radical (unpaired) electrons. The first-order valence-corrected chi connectivity index (χ1v) is 16.3. The summed E-state index contributed by atoms with van der Waals surface area (Å²) in [6.07, 6.45) is 0. The van der Waals surface area contributed by atoms with Gasteiger partial charge in [0.1, 0.15) is 0 Å². The van der Waals surface area contributed by atoms with E-state index in [2.05, 4.69) is 0 Å². The molecule has 198 valence electrons. The van der Waals surface area contributed by atoms with E-state index in [0.717, 1.165) is 0 Å². The molecule has 15 heteroatoms. The zero-order valence-electron chi connectivity index (χ0n) is 23.1. The summed E-state index contributed by atoms with van der Waals surface area (Å²) in [5.41, 5.74) is 2.14. The van der Waals surface area contributed by atoms with Gasteiger partial charge in [0.25, 0.3) is 0 Å². The lowest BCUT2D eigenvalue weighted by Gasteiger charge is -2.30. The van der Waals surface area contributed by atoms with E-state index in [4.69, 9.17) is 15.0 Å². The highest BCUT2D eigenvalue weighted by molar-refractivity contribution is 7.90. The van der Waals surface area contributed by atoms with Gasteiger partial charge in [0.2, 0.25) is 21.9 Å². The monoisotopic (exact) mass is 555 g/mol. The predicted octanol–water partition coefficient (Wildman–Crippen LogP) is 1.77. The predicted molar refractivity (Wildman–Crippen MR) is 152 cm³/mol. The van der Waals surface area contributed by atoms with Crippen LogP contribution in [-0.4, -0.2) is 130 Å². The van der Waals surface area contributed by atoms with Gasteiger partial charge in [-0.1, -0.05) is 0 Å².